The van der Waals surface area contributed by atoms with E-state index in [1.165, 1.54) is 23.9 Å². The van der Waals surface area contributed by atoms with Gasteiger partial charge in [-0.1, -0.05) is 30.3 Å². The summed E-state index contributed by atoms with van der Waals surface area (Å²) in [5.74, 6) is -1.00. The number of amidine groups is 1. The van der Waals surface area contributed by atoms with Crippen molar-refractivity contribution >= 4 is 62.5 Å². The van der Waals surface area contributed by atoms with Crippen molar-refractivity contribution in [3.8, 4) is 11.5 Å². The number of hydrogen-bond donors (Lipinski definition) is 1. The number of esters is 1. The van der Waals surface area contributed by atoms with E-state index in [4.69, 9.17) is 19.2 Å². The normalized spacial score (nSPS) is 14.9. The molecular weight excluding hydrogens is 612 g/mol. The predicted molar refractivity (Wildman–Crippen MR) is 160 cm³/mol. The Morgan fingerprint density at radius 1 is 1.02 bits per heavy atom. The van der Waals surface area contributed by atoms with Crippen molar-refractivity contribution < 1.29 is 33.7 Å². The molecule has 212 valence electrons. The molecule has 1 saturated heterocycles. The smallest absolute Gasteiger partial charge is 0.344 e. The van der Waals surface area contributed by atoms with Crippen LogP contribution in [0.2, 0.25) is 0 Å². The molecule has 9 nitrogen and oxygen atoms in total. The molecule has 0 bridgehead atoms. The van der Waals surface area contributed by atoms with Gasteiger partial charge in [-0.2, -0.15) is 0 Å². The third-order valence-corrected chi connectivity index (χ3v) is 7.28. The maximum absolute atomic E-state index is 13.6. The van der Waals surface area contributed by atoms with Gasteiger partial charge in [-0.15, -0.1) is 0 Å². The third kappa shape index (κ3) is 7.77. The second-order valence-electron chi connectivity index (χ2n) is 8.59. The van der Waals surface area contributed by atoms with Crippen molar-refractivity contribution in [3.63, 3.8) is 0 Å². The molecule has 1 fully saturated rings. The number of rotatable bonds is 11. The number of carbonyl (C=O) groups is 3. The fourth-order valence-electron chi connectivity index (χ4n) is 3.84. The Hall–Kier alpha value is -4.09. The molecule has 1 N–H and O–H groups in total. The van der Waals surface area contributed by atoms with Gasteiger partial charge in [0.2, 0.25) is 0 Å². The molecule has 0 atom stereocenters. The van der Waals surface area contributed by atoms with Gasteiger partial charge < -0.3 is 19.3 Å². The van der Waals surface area contributed by atoms with Crippen molar-refractivity contribution in [2.24, 2.45) is 4.99 Å². The van der Waals surface area contributed by atoms with E-state index in [1.54, 1.807) is 42.2 Å². The maximum Gasteiger partial charge on any atom is 0.344 e. The first-order valence-corrected chi connectivity index (χ1v) is 14.3. The molecule has 0 saturated carbocycles. The van der Waals surface area contributed by atoms with E-state index >= 15 is 0 Å². The molecule has 0 spiro atoms. The second-order valence-corrected chi connectivity index (χ2v) is 10.5. The van der Waals surface area contributed by atoms with Gasteiger partial charge in [0.15, 0.2) is 23.3 Å². The van der Waals surface area contributed by atoms with Crippen LogP contribution < -0.4 is 9.47 Å². The highest BCUT2D eigenvalue weighted by molar-refractivity contribution is 9.10. The van der Waals surface area contributed by atoms with Crippen LogP contribution in [-0.2, 0) is 20.9 Å². The number of carbonyl (C=O) groups excluding carboxylic acids is 2. The number of amides is 1. The van der Waals surface area contributed by atoms with Gasteiger partial charge in [0.1, 0.15) is 0 Å². The van der Waals surface area contributed by atoms with Crippen LogP contribution in [0.3, 0.4) is 0 Å². The maximum atomic E-state index is 13.6. The number of thioether (sulfide) groups is 1. The van der Waals surface area contributed by atoms with Crippen LogP contribution in [0, 0.1) is 0 Å². The molecule has 4 rings (SSSR count). The highest BCUT2D eigenvalue weighted by atomic mass is 79.9. The number of aliphatic imine (C=N–C) groups is 1. The molecule has 11 heteroatoms. The topological polar surface area (TPSA) is 115 Å². The molecule has 0 unspecified atom stereocenters. The number of nitrogens with zero attached hydrogens (tertiary/aromatic N) is 2. The Kier molecular flexibility index (Phi) is 10.2. The van der Waals surface area contributed by atoms with Crippen LogP contribution >= 0.6 is 27.7 Å². The summed E-state index contributed by atoms with van der Waals surface area (Å²) >= 11 is 4.73. The molecular formula is C30H27BrN2O7S. The second kappa shape index (κ2) is 14.0. The Morgan fingerprint density at radius 2 is 1.76 bits per heavy atom. The zero-order chi connectivity index (χ0) is 29.4. The number of halogens is 1. The van der Waals surface area contributed by atoms with Gasteiger partial charge in [-0.3, -0.25) is 9.69 Å². The van der Waals surface area contributed by atoms with Crippen LogP contribution in [0.4, 0.5) is 5.69 Å². The minimum Gasteiger partial charge on any atom is -0.490 e. The summed E-state index contributed by atoms with van der Waals surface area (Å²) in [6.07, 6.45) is 1.74. The fourth-order valence-corrected chi connectivity index (χ4v) is 5.41. The third-order valence-electron chi connectivity index (χ3n) is 5.68. The molecule has 0 radical (unpaired) electrons. The predicted octanol–water partition coefficient (Wildman–Crippen LogP) is 6.29. The van der Waals surface area contributed by atoms with Crippen molar-refractivity contribution in [2.75, 3.05) is 19.8 Å². The molecule has 1 heterocycles. The summed E-state index contributed by atoms with van der Waals surface area (Å²) in [4.78, 5) is 43.4. The molecule has 1 amide bonds. The van der Waals surface area contributed by atoms with Gasteiger partial charge in [0.05, 0.1) is 40.4 Å². The van der Waals surface area contributed by atoms with Crippen molar-refractivity contribution in [3.05, 3.63) is 92.8 Å². The van der Waals surface area contributed by atoms with Crippen molar-refractivity contribution in [2.45, 2.75) is 20.4 Å². The van der Waals surface area contributed by atoms with E-state index in [2.05, 4.69) is 15.9 Å². The number of hydrogen-bond acceptors (Lipinski definition) is 8. The van der Waals surface area contributed by atoms with E-state index in [0.717, 1.165) is 5.56 Å². The van der Waals surface area contributed by atoms with Gasteiger partial charge in [0.25, 0.3) is 5.91 Å². The summed E-state index contributed by atoms with van der Waals surface area (Å²) < 4.78 is 16.9. The Morgan fingerprint density at radius 3 is 2.41 bits per heavy atom. The van der Waals surface area contributed by atoms with Crippen LogP contribution in [0.1, 0.15) is 35.3 Å². The summed E-state index contributed by atoms with van der Waals surface area (Å²) in [5.41, 5.74) is 2.29. The Balaban J connectivity index is 1.66. The summed E-state index contributed by atoms with van der Waals surface area (Å²) in [7, 11) is 0. The zero-order valence-electron chi connectivity index (χ0n) is 22.3. The average Bonchev–Trinajstić information content (AvgIpc) is 3.22. The Labute approximate surface area is 249 Å². The van der Waals surface area contributed by atoms with Crippen molar-refractivity contribution in [1.82, 2.24) is 4.90 Å². The SMILES string of the molecule is CCOC(=O)COc1c(Br)cc(/C=C2\SC(=Nc3ccccc3)N(Cc3ccc(C(=O)O)cc3)C2=O)cc1OCC. The van der Waals surface area contributed by atoms with Gasteiger partial charge >= 0.3 is 11.9 Å². The molecule has 1 aliphatic heterocycles. The van der Waals surface area contributed by atoms with Crippen LogP contribution in [0.15, 0.2) is 81.1 Å². The van der Waals surface area contributed by atoms with Crippen LogP contribution in [0.5, 0.6) is 11.5 Å². The Bertz CT molecular complexity index is 1490. The first kappa shape index (κ1) is 29.9. The minimum atomic E-state index is -1.02. The lowest BCUT2D eigenvalue weighted by Crippen LogP contribution is -2.28. The van der Waals surface area contributed by atoms with E-state index < -0.39 is 11.9 Å². The summed E-state index contributed by atoms with van der Waals surface area (Å²) in [6, 6.07) is 19.2. The van der Waals surface area contributed by atoms with Crippen molar-refractivity contribution in [1.29, 1.82) is 0 Å². The minimum absolute atomic E-state index is 0.167. The summed E-state index contributed by atoms with van der Waals surface area (Å²) in [6.45, 7) is 4.10. The van der Waals surface area contributed by atoms with E-state index in [0.29, 0.717) is 43.9 Å². The fraction of sp³-hybridized carbons (Fsp3) is 0.200. The van der Waals surface area contributed by atoms with Crippen LogP contribution in [0.25, 0.3) is 6.08 Å². The number of carboxylic acid groups (broad SMARTS) is 1. The lowest BCUT2D eigenvalue weighted by atomic mass is 10.1. The number of ether oxygens (including phenoxy) is 3. The van der Waals surface area contributed by atoms with Crippen LogP contribution in [-0.4, -0.2) is 52.8 Å². The highest BCUT2D eigenvalue weighted by Gasteiger charge is 2.33. The summed E-state index contributed by atoms with van der Waals surface area (Å²) in [5, 5.41) is 9.71. The highest BCUT2D eigenvalue weighted by Crippen LogP contribution is 2.40. The molecule has 1 aliphatic rings. The first-order valence-electron chi connectivity index (χ1n) is 12.7. The molecule has 0 aliphatic carbocycles. The largest absolute Gasteiger partial charge is 0.490 e. The van der Waals surface area contributed by atoms with E-state index in [1.807, 2.05) is 37.3 Å². The van der Waals surface area contributed by atoms with Gasteiger partial charge in [-0.05, 0) is 95.1 Å². The standard InChI is InChI=1S/C30H27BrN2O7S/c1-3-38-24-15-20(14-23(31)27(24)40-18-26(34)39-4-2)16-25-28(35)33(17-19-10-12-21(13-11-19)29(36)37)30(41-25)32-22-8-6-5-7-9-22/h5-16H,3-4,17-18H2,1-2H3,(H,36,37)/b25-16-,32-30?. The first-order chi connectivity index (χ1) is 19.8. The number of carboxylic acids is 1. The van der Waals surface area contributed by atoms with E-state index in [9.17, 15) is 19.5 Å². The number of para-hydroxylation sites is 1. The van der Waals surface area contributed by atoms with E-state index in [-0.39, 0.29) is 31.2 Å². The zero-order valence-corrected chi connectivity index (χ0v) is 24.7. The average molecular weight is 640 g/mol. The quantitative estimate of drug-likeness (QED) is 0.192. The van der Waals surface area contributed by atoms with Gasteiger partial charge in [-0.25, -0.2) is 14.6 Å². The molecule has 3 aromatic carbocycles. The molecule has 3 aromatic rings. The van der Waals surface area contributed by atoms with Gasteiger partial charge in [0, 0.05) is 0 Å². The lowest BCUT2D eigenvalue weighted by Gasteiger charge is -2.16. The lowest BCUT2D eigenvalue weighted by molar-refractivity contribution is -0.145. The molecule has 41 heavy (non-hydrogen) atoms. The number of benzene rings is 3. The monoisotopic (exact) mass is 638 g/mol. The number of aromatic carboxylic acids is 1. The molecule has 0 aromatic heterocycles.